The van der Waals surface area contributed by atoms with Gasteiger partial charge in [-0.3, -0.25) is 9.05 Å². The monoisotopic (exact) mass is 298 g/mol. The minimum atomic E-state index is -4.25. The highest BCUT2D eigenvalue weighted by molar-refractivity contribution is 7.47. The number of phosphoric ester groups is 1. The van der Waals surface area contributed by atoms with Crippen molar-refractivity contribution in [1.29, 1.82) is 0 Å². The SMILES string of the molecule is O=P(O)(OC[C@@H]1OCC[C@@H]1O)O[C@@H]1CCO[C@H]1CO. The molecule has 8 nitrogen and oxygen atoms in total. The van der Waals surface area contributed by atoms with Crippen molar-refractivity contribution >= 4 is 7.82 Å². The molecule has 0 aromatic carbocycles. The molecule has 19 heavy (non-hydrogen) atoms. The Balaban J connectivity index is 1.79. The summed E-state index contributed by atoms with van der Waals surface area (Å²) in [5.41, 5.74) is 0. The molecule has 0 radical (unpaired) electrons. The average Bonchev–Trinajstić information content (AvgIpc) is 2.95. The van der Waals surface area contributed by atoms with E-state index in [2.05, 4.69) is 0 Å². The van der Waals surface area contributed by atoms with Crippen LogP contribution < -0.4 is 0 Å². The Morgan fingerprint density at radius 1 is 1.21 bits per heavy atom. The van der Waals surface area contributed by atoms with Gasteiger partial charge in [0.1, 0.15) is 18.3 Å². The van der Waals surface area contributed by atoms with Crippen molar-refractivity contribution in [3.05, 3.63) is 0 Å². The second-order valence-electron chi connectivity index (χ2n) is 4.55. The molecule has 0 bridgehead atoms. The van der Waals surface area contributed by atoms with E-state index < -0.39 is 32.2 Å². The van der Waals surface area contributed by atoms with Crippen molar-refractivity contribution in [2.24, 2.45) is 0 Å². The zero-order valence-corrected chi connectivity index (χ0v) is 11.3. The Morgan fingerprint density at radius 3 is 2.53 bits per heavy atom. The molecule has 1 unspecified atom stereocenters. The zero-order valence-electron chi connectivity index (χ0n) is 10.4. The molecule has 0 aromatic rings. The van der Waals surface area contributed by atoms with Crippen LogP contribution in [0.4, 0.5) is 0 Å². The predicted molar refractivity (Wildman–Crippen MR) is 62.5 cm³/mol. The smallest absolute Gasteiger partial charge is 0.394 e. The normalized spacial score (nSPS) is 38.5. The molecular formula is C10H19O8P. The van der Waals surface area contributed by atoms with Crippen molar-refractivity contribution in [3.63, 3.8) is 0 Å². The standard InChI is InChI=1S/C10H19O8P/c11-5-9-8(2-4-15-9)18-19(13,14)17-6-10-7(12)1-3-16-10/h7-12H,1-6H2,(H,13,14)/t7-,8+,9-,10-/m0/s1. The fraction of sp³-hybridized carbons (Fsp3) is 1.00. The van der Waals surface area contributed by atoms with Gasteiger partial charge in [0.25, 0.3) is 0 Å². The zero-order chi connectivity index (χ0) is 13.9. The number of hydrogen-bond acceptors (Lipinski definition) is 7. The molecule has 2 aliphatic heterocycles. The maximum Gasteiger partial charge on any atom is 0.472 e. The van der Waals surface area contributed by atoms with E-state index in [0.29, 0.717) is 26.1 Å². The first-order valence-electron chi connectivity index (χ1n) is 6.19. The average molecular weight is 298 g/mol. The van der Waals surface area contributed by atoms with Gasteiger partial charge in [-0.25, -0.2) is 4.57 Å². The number of ether oxygens (including phenoxy) is 2. The molecule has 9 heteroatoms. The third-order valence-electron chi connectivity index (χ3n) is 3.17. The van der Waals surface area contributed by atoms with E-state index in [1.165, 1.54) is 0 Å². The van der Waals surface area contributed by atoms with Crippen LogP contribution in [-0.4, -0.2) is 65.9 Å². The lowest BCUT2D eigenvalue weighted by atomic mass is 10.2. The minimum Gasteiger partial charge on any atom is -0.394 e. The molecule has 2 saturated heterocycles. The lowest BCUT2D eigenvalue weighted by molar-refractivity contribution is -0.0190. The van der Waals surface area contributed by atoms with E-state index in [1.807, 2.05) is 0 Å². The van der Waals surface area contributed by atoms with Crippen molar-refractivity contribution in [1.82, 2.24) is 0 Å². The van der Waals surface area contributed by atoms with Gasteiger partial charge in [-0.15, -0.1) is 0 Å². The predicted octanol–water partition coefficient (Wildman–Crippen LogP) is -0.580. The fourth-order valence-corrected chi connectivity index (χ4v) is 3.06. The highest BCUT2D eigenvalue weighted by Gasteiger charge is 2.37. The van der Waals surface area contributed by atoms with Crippen LogP contribution in [0, 0.1) is 0 Å². The summed E-state index contributed by atoms with van der Waals surface area (Å²) in [6, 6.07) is 0. The maximum atomic E-state index is 11.7. The number of phosphoric acid groups is 1. The van der Waals surface area contributed by atoms with Crippen LogP contribution in [0.5, 0.6) is 0 Å². The molecule has 0 amide bonds. The van der Waals surface area contributed by atoms with E-state index in [9.17, 15) is 14.6 Å². The summed E-state index contributed by atoms with van der Waals surface area (Å²) in [4.78, 5) is 9.57. The first-order chi connectivity index (χ1) is 9.02. The highest BCUT2D eigenvalue weighted by atomic mass is 31.2. The Hall–Kier alpha value is -0.0500. The second-order valence-corrected chi connectivity index (χ2v) is 5.96. The summed E-state index contributed by atoms with van der Waals surface area (Å²) >= 11 is 0. The molecule has 3 N–H and O–H groups in total. The Morgan fingerprint density at radius 2 is 1.89 bits per heavy atom. The largest absolute Gasteiger partial charge is 0.472 e. The summed E-state index contributed by atoms with van der Waals surface area (Å²) in [5, 5.41) is 18.5. The molecule has 2 heterocycles. The van der Waals surface area contributed by atoms with E-state index in [4.69, 9.17) is 23.6 Å². The van der Waals surface area contributed by atoms with Gasteiger partial charge < -0.3 is 24.6 Å². The lowest BCUT2D eigenvalue weighted by Crippen LogP contribution is -2.29. The van der Waals surface area contributed by atoms with Gasteiger partial charge >= 0.3 is 7.82 Å². The summed E-state index contributed by atoms with van der Waals surface area (Å²) < 4.78 is 31.8. The number of aliphatic hydroxyl groups excluding tert-OH is 2. The second kappa shape index (κ2) is 6.60. The first kappa shape index (κ1) is 15.3. The summed E-state index contributed by atoms with van der Waals surface area (Å²) in [6.07, 6.45) is -1.69. The minimum absolute atomic E-state index is 0.216. The van der Waals surface area contributed by atoms with Gasteiger partial charge in [-0.05, 0) is 6.42 Å². The van der Waals surface area contributed by atoms with Crippen molar-refractivity contribution in [2.45, 2.75) is 37.3 Å². The van der Waals surface area contributed by atoms with Gasteiger partial charge in [0.2, 0.25) is 0 Å². The van der Waals surface area contributed by atoms with E-state index in [1.54, 1.807) is 0 Å². The lowest BCUT2D eigenvalue weighted by Gasteiger charge is -2.21. The molecular weight excluding hydrogens is 279 g/mol. The first-order valence-corrected chi connectivity index (χ1v) is 7.69. The van der Waals surface area contributed by atoms with Crippen molar-refractivity contribution in [3.8, 4) is 0 Å². The number of aliphatic hydroxyl groups is 2. The highest BCUT2D eigenvalue weighted by Crippen LogP contribution is 2.47. The maximum absolute atomic E-state index is 11.7. The molecule has 2 aliphatic rings. The van der Waals surface area contributed by atoms with Crippen LogP contribution in [0.2, 0.25) is 0 Å². The molecule has 0 spiro atoms. The molecule has 0 aliphatic carbocycles. The van der Waals surface area contributed by atoms with Gasteiger partial charge in [0.05, 0.1) is 19.3 Å². The molecule has 0 aromatic heterocycles. The van der Waals surface area contributed by atoms with Crippen LogP contribution >= 0.6 is 7.82 Å². The van der Waals surface area contributed by atoms with Crippen molar-refractivity contribution in [2.75, 3.05) is 26.4 Å². The summed E-state index contributed by atoms with van der Waals surface area (Å²) in [7, 11) is -4.25. The Labute approximate surface area is 110 Å². The quantitative estimate of drug-likeness (QED) is 0.558. The topological polar surface area (TPSA) is 115 Å². The van der Waals surface area contributed by atoms with Crippen LogP contribution in [0.1, 0.15) is 12.8 Å². The fourth-order valence-electron chi connectivity index (χ4n) is 2.09. The number of hydrogen-bond donors (Lipinski definition) is 3. The molecule has 5 atom stereocenters. The number of rotatable bonds is 6. The molecule has 0 saturated carbocycles. The van der Waals surface area contributed by atoms with Crippen molar-refractivity contribution < 1.29 is 38.2 Å². The van der Waals surface area contributed by atoms with Gasteiger partial charge in [-0.1, -0.05) is 0 Å². The molecule has 2 rings (SSSR count). The summed E-state index contributed by atoms with van der Waals surface area (Å²) in [6.45, 7) is 0.261. The third-order valence-corrected chi connectivity index (χ3v) is 4.19. The van der Waals surface area contributed by atoms with Crippen LogP contribution in [0.3, 0.4) is 0 Å². The van der Waals surface area contributed by atoms with E-state index in [-0.39, 0.29) is 13.2 Å². The van der Waals surface area contributed by atoms with Gasteiger partial charge in [0, 0.05) is 19.6 Å². The van der Waals surface area contributed by atoms with Crippen LogP contribution in [0.15, 0.2) is 0 Å². The van der Waals surface area contributed by atoms with Gasteiger partial charge in [-0.2, -0.15) is 0 Å². The van der Waals surface area contributed by atoms with E-state index >= 15 is 0 Å². The molecule has 112 valence electrons. The van der Waals surface area contributed by atoms with Gasteiger partial charge in [0.15, 0.2) is 0 Å². The Kier molecular flexibility index (Phi) is 5.33. The van der Waals surface area contributed by atoms with Crippen LogP contribution in [-0.2, 0) is 23.1 Å². The third kappa shape index (κ3) is 4.21. The summed E-state index contributed by atoms with van der Waals surface area (Å²) in [5.74, 6) is 0. The van der Waals surface area contributed by atoms with E-state index in [0.717, 1.165) is 0 Å². The Bertz CT molecular complexity index is 337. The molecule has 2 fully saturated rings. The van der Waals surface area contributed by atoms with Crippen LogP contribution in [0.25, 0.3) is 0 Å².